The maximum Gasteiger partial charge on any atom is 0.573 e. The largest absolute Gasteiger partial charge is 0.573 e. The van der Waals surface area contributed by atoms with E-state index in [2.05, 4.69) is 36.7 Å². The molecule has 4 bridgehead atoms. The Kier molecular flexibility index (Phi) is 7.72. The van der Waals surface area contributed by atoms with Gasteiger partial charge in [-0.05, 0) is 87.0 Å². The Hall–Kier alpha value is -3.10. The van der Waals surface area contributed by atoms with Gasteiger partial charge in [-0.1, -0.05) is 18.2 Å². The lowest BCUT2D eigenvalue weighted by atomic mass is 9.47. The average Bonchev–Trinajstić information content (AvgIpc) is 2.93. The van der Waals surface area contributed by atoms with Crippen molar-refractivity contribution in [3.05, 3.63) is 41.6 Å². The molecule has 5 atom stereocenters. The van der Waals surface area contributed by atoms with Crippen molar-refractivity contribution >= 4 is 11.8 Å². The third-order valence-corrected chi connectivity index (χ3v) is 9.78. The first-order valence-corrected chi connectivity index (χ1v) is 14.8. The van der Waals surface area contributed by atoms with Crippen LogP contribution in [0.5, 0.6) is 5.75 Å². The fourth-order valence-electron chi connectivity index (χ4n) is 8.24. The second-order valence-corrected chi connectivity index (χ2v) is 12.7. The van der Waals surface area contributed by atoms with Crippen LogP contribution in [0.1, 0.15) is 68.9 Å². The van der Waals surface area contributed by atoms with E-state index in [9.17, 15) is 18.4 Å². The van der Waals surface area contributed by atoms with Crippen LogP contribution in [0.3, 0.4) is 0 Å². The fourth-order valence-corrected chi connectivity index (χ4v) is 8.24. The van der Waals surface area contributed by atoms with Crippen molar-refractivity contribution in [3.8, 4) is 11.8 Å². The van der Waals surface area contributed by atoms with Crippen LogP contribution in [-0.2, 0) is 6.54 Å². The van der Waals surface area contributed by atoms with Gasteiger partial charge in [0.2, 0.25) is 5.95 Å². The Morgan fingerprint density at radius 2 is 1.78 bits per heavy atom. The quantitative estimate of drug-likeness (QED) is 0.320. The van der Waals surface area contributed by atoms with Gasteiger partial charge in [0, 0.05) is 36.8 Å². The molecule has 11 heteroatoms. The molecule has 0 radical (unpaired) electrons. The number of nitrogens with zero attached hydrogens (tertiary/aromatic N) is 3. The molecule has 2 unspecified atom stereocenters. The van der Waals surface area contributed by atoms with Crippen LogP contribution in [-0.4, -0.2) is 41.0 Å². The molecule has 1 aromatic carbocycles. The van der Waals surface area contributed by atoms with Gasteiger partial charge in [0.15, 0.2) is 0 Å². The van der Waals surface area contributed by atoms with E-state index in [1.165, 1.54) is 63.3 Å². The number of benzene rings is 1. The Morgan fingerprint density at radius 1 is 1.05 bits per heavy atom. The lowest BCUT2D eigenvalue weighted by Crippen LogP contribution is -2.61. The van der Waals surface area contributed by atoms with E-state index in [1.54, 1.807) is 12.1 Å². The third kappa shape index (κ3) is 6.38. The van der Waals surface area contributed by atoms with Crippen LogP contribution < -0.4 is 26.4 Å². The molecule has 41 heavy (non-hydrogen) atoms. The van der Waals surface area contributed by atoms with Crippen molar-refractivity contribution in [1.29, 1.82) is 5.26 Å². The highest BCUT2D eigenvalue weighted by molar-refractivity contribution is 5.53. The van der Waals surface area contributed by atoms with E-state index in [1.807, 2.05) is 0 Å². The first kappa shape index (κ1) is 28.0. The molecule has 0 aliphatic heterocycles. The van der Waals surface area contributed by atoms with Crippen LogP contribution >= 0.6 is 0 Å². The number of hydrogen-bond acceptors (Lipinski definition) is 8. The van der Waals surface area contributed by atoms with Gasteiger partial charge >= 0.3 is 6.36 Å². The normalized spacial score (nSPS) is 32.4. The summed E-state index contributed by atoms with van der Waals surface area (Å²) in [5, 5.41) is 20.2. The van der Waals surface area contributed by atoms with E-state index >= 15 is 0 Å². The van der Waals surface area contributed by atoms with Crippen LogP contribution in [0.2, 0.25) is 0 Å². The van der Waals surface area contributed by atoms with Gasteiger partial charge in [0.25, 0.3) is 0 Å². The number of anilines is 2. The monoisotopic (exact) mass is 569 g/mol. The molecule has 0 amide bonds. The van der Waals surface area contributed by atoms with Crippen molar-refractivity contribution in [3.63, 3.8) is 0 Å². The van der Waals surface area contributed by atoms with Gasteiger partial charge in [-0.2, -0.15) is 10.2 Å². The lowest BCUT2D eigenvalue weighted by molar-refractivity contribution is -0.274. The summed E-state index contributed by atoms with van der Waals surface area (Å²) in [5.41, 5.74) is 6.98. The molecule has 5 N–H and O–H groups in total. The number of nitriles is 1. The summed E-state index contributed by atoms with van der Waals surface area (Å²) in [7, 11) is 0. The molecule has 0 saturated heterocycles. The van der Waals surface area contributed by atoms with Crippen LogP contribution in [0.15, 0.2) is 30.5 Å². The van der Waals surface area contributed by atoms with Gasteiger partial charge < -0.3 is 26.4 Å². The van der Waals surface area contributed by atoms with Gasteiger partial charge in [-0.15, -0.1) is 13.2 Å². The van der Waals surface area contributed by atoms with Gasteiger partial charge in [-0.25, -0.2) is 4.98 Å². The maximum atomic E-state index is 12.8. The van der Waals surface area contributed by atoms with Crippen molar-refractivity contribution in [2.45, 2.75) is 88.8 Å². The summed E-state index contributed by atoms with van der Waals surface area (Å²) < 4.78 is 42.5. The van der Waals surface area contributed by atoms with Crippen LogP contribution in [0.4, 0.5) is 24.9 Å². The average molecular weight is 570 g/mol. The first-order chi connectivity index (χ1) is 19.7. The predicted molar refractivity (Wildman–Crippen MR) is 149 cm³/mol. The molecule has 7 rings (SSSR count). The highest BCUT2D eigenvalue weighted by atomic mass is 19.4. The zero-order chi connectivity index (χ0) is 28.6. The molecule has 5 fully saturated rings. The molecule has 8 nitrogen and oxygen atoms in total. The molecular formula is C30H38F3N7O. The minimum Gasteiger partial charge on any atom is -0.405 e. The first-order valence-electron chi connectivity index (χ1n) is 14.8. The Labute approximate surface area is 238 Å². The highest BCUT2D eigenvalue weighted by Gasteiger charge is 2.55. The van der Waals surface area contributed by atoms with E-state index in [0.717, 1.165) is 25.3 Å². The summed E-state index contributed by atoms with van der Waals surface area (Å²) in [5.74, 6) is 2.51. The van der Waals surface area contributed by atoms with Crippen LogP contribution in [0, 0.1) is 34.5 Å². The smallest absolute Gasteiger partial charge is 0.405 e. The Balaban J connectivity index is 1.10. The molecule has 5 aliphatic rings. The van der Waals surface area contributed by atoms with E-state index < -0.39 is 6.36 Å². The number of rotatable bonds is 9. The van der Waals surface area contributed by atoms with Gasteiger partial charge in [0.1, 0.15) is 23.2 Å². The van der Waals surface area contributed by atoms with E-state index in [-0.39, 0.29) is 23.7 Å². The number of ether oxygens (including phenoxy) is 1. The van der Waals surface area contributed by atoms with Gasteiger partial charge in [-0.3, -0.25) is 0 Å². The second kappa shape index (κ2) is 11.3. The number of nitrogens with two attached hydrogens (primary N) is 1. The lowest BCUT2D eigenvalue weighted by Gasteiger charge is -2.61. The number of nitrogens with one attached hydrogen (secondary N) is 3. The summed E-state index contributed by atoms with van der Waals surface area (Å²) in [6.45, 7) is 0.781. The minimum absolute atomic E-state index is 0.0356. The van der Waals surface area contributed by atoms with E-state index in [0.29, 0.717) is 46.9 Å². The second-order valence-electron chi connectivity index (χ2n) is 12.7. The Morgan fingerprint density at radius 3 is 2.49 bits per heavy atom. The SMILES string of the molecule is N#Cc1cnc(NCc2ccccc2OC(F)(F)F)nc1NC[C@]12CC3C[C@H](C1)C(N[C@H]1CC[C@H](N)CC1)[C@@H](C3)C2. The number of aromatic nitrogens is 2. The van der Waals surface area contributed by atoms with Crippen molar-refractivity contribution in [2.75, 3.05) is 17.2 Å². The third-order valence-electron chi connectivity index (χ3n) is 9.78. The van der Waals surface area contributed by atoms with Gasteiger partial charge in [0.05, 0.1) is 6.20 Å². The molecule has 1 aromatic heterocycles. The summed E-state index contributed by atoms with van der Waals surface area (Å²) in [6, 6.07) is 9.65. The molecule has 5 aliphatic carbocycles. The Bertz CT molecular complexity index is 1260. The van der Waals surface area contributed by atoms with E-state index in [4.69, 9.17) is 5.73 Å². The molecule has 1 heterocycles. The van der Waals surface area contributed by atoms with Crippen LogP contribution in [0.25, 0.3) is 0 Å². The molecule has 2 aromatic rings. The minimum atomic E-state index is -4.78. The zero-order valence-electron chi connectivity index (χ0n) is 23.1. The molecule has 5 saturated carbocycles. The van der Waals surface area contributed by atoms with Crippen molar-refractivity contribution < 1.29 is 17.9 Å². The number of halogens is 3. The number of para-hydroxylation sites is 1. The van der Waals surface area contributed by atoms with Crippen molar-refractivity contribution in [2.24, 2.45) is 28.9 Å². The highest BCUT2D eigenvalue weighted by Crippen LogP contribution is 2.60. The zero-order valence-corrected chi connectivity index (χ0v) is 23.1. The predicted octanol–water partition coefficient (Wildman–Crippen LogP) is 5.33. The number of alkyl halides is 3. The molecule has 0 spiro atoms. The number of hydrogen-bond donors (Lipinski definition) is 4. The topological polar surface area (TPSA) is 121 Å². The molecule has 220 valence electrons. The van der Waals surface area contributed by atoms with Crippen molar-refractivity contribution in [1.82, 2.24) is 15.3 Å². The molecular weight excluding hydrogens is 531 g/mol. The summed E-state index contributed by atoms with van der Waals surface area (Å²) >= 11 is 0. The maximum absolute atomic E-state index is 12.8. The summed E-state index contributed by atoms with van der Waals surface area (Å²) in [6.07, 6.45) is 7.38. The standard InChI is InChI=1S/C30H38F3N7O/c31-30(32,33)41-25-4-2-1-3-19(25)15-36-28-37-16-22(14-34)27(40-28)38-17-29-11-18-9-20(12-29)26(21(10-18)13-29)39-24-7-5-23(35)6-8-24/h1-4,16,18,20-21,23-24,26,39H,5-13,15,17,35H2,(H2,36,37,38,40)/t18?,20-,21+,23-,24-,26?,29-. The fraction of sp³-hybridized carbons (Fsp3) is 0.633. The summed E-state index contributed by atoms with van der Waals surface area (Å²) in [4.78, 5) is 8.75.